The lowest BCUT2D eigenvalue weighted by Gasteiger charge is -2.19. The molecule has 1 aromatic carbocycles. The zero-order valence-electron chi connectivity index (χ0n) is 13.4. The number of benzene rings is 1. The highest BCUT2D eigenvalue weighted by Gasteiger charge is 2.17. The number of carbonyl (C=O) groups is 3. The van der Waals surface area contributed by atoms with Gasteiger partial charge in [0.25, 0.3) is 5.91 Å². The van der Waals surface area contributed by atoms with Crippen LogP contribution in [0, 0.1) is 0 Å². The maximum absolute atomic E-state index is 12.1. The first-order valence-electron chi connectivity index (χ1n) is 7.43. The van der Waals surface area contributed by atoms with Gasteiger partial charge in [-0.05, 0) is 18.6 Å². The van der Waals surface area contributed by atoms with Crippen LogP contribution < -0.4 is 0 Å². The summed E-state index contributed by atoms with van der Waals surface area (Å²) < 4.78 is 4.43. The Morgan fingerprint density at radius 2 is 1.78 bits per heavy atom. The topological polar surface area (TPSA) is 72.9 Å². The normalized spacial score (nSPS) is 10.3. The lowest BCUT2D eigenvalue weighted by atomic mass is 10.2. The van der Waals surface area contributed by atoms with Gasteiger partial charge in [0.15, 0.2) is 0 Å². The van der Waals surface area contributed by atoms with Crippen LogP contribution in [0.15, 0.2) is 42.5 Å². The Kier molecular flexibility index (Phi) is 8.13. The van der Waals surface area contributed by atoms with Crippen molar-refractivity contribution in [2.24, 2.45) is 0 Å². The van der Waals surface area contributed by atoms with E-state index in [0.29, 0.717) is 12.0 Å². The molecule has 0 heterocycles. The van der Waals surface area contributed by atoms with Crippen molar-refractivity contribution in [1.29, 1.82) is 0 Å². The van der Waals surface area contributed by atoms with Gasteiger partial charge < -0.3 is 9.57 Å². The Morgan fingerprint density at radius 3 is 2.39 bits per heavy atom. The Morgan fingerprint density at radius 1 is 1.09 bits per heavy atom. The number of amides is 1. The highest BCUT2D eigenvalue weighted by molar-refractivity contribution is 5.95. The number of hydroxylamine groups is 2. The van der Waals surface area contributed by atoms with Crippen LogP contribution in [0.3, 0.4) is 0 Å². The van der Waals surface area contributed by atoms with Crippen LogP contribution >= 0.6 is 0 Å². The molecule has 1 amide bonds. The van der Waals surface area contributed by atoms with Crippen molar-refractivity contribution in [2.75, 3.05) is 13.7 Å². The summed E-state index contributed by atoms with van der Waals surface area (Å²) in [6, 6.07) is 8.39. The maximum atomic E-state index is 12.1. The quantitative estimate of drug-likeness (QED) is 0.334. The van der Waals surface area contributed by atoms with Gasteiger partial charge in [0.05, 0.1) is 19.2 Å². The average Bonchev–Trinajstić information content (AvgIpc) is 2.59. The predicted molar refractivity (Wildman–Crippen MR) is 84.3 cm³/mol. The molecular formula is C17H21NO5. The fraction of sp³-hybridized carbons (Fsp3) is 0.353. The van der Waals surface area contributed by atoms with Gasteiger partial charge >= 0.3 is 11.9 Å². The molecule has 0 saturated heterocycles. The molecule has 6 nitrogen and oxygen atoms in total. The Labute approximate surface area is 135 Å². The van der Waals surface area contributed by atoms with E-state index in [4.69, 9.17) is 4.84 Å². The molecule has 0 unspecified atom stereocenters. The van der Waals surface area contributed by atoms with E-state index in [9.17, 15) is 14.4 Å². The molecule has 0 spiro atoms. The Hall–Kier alpha value is -2.63. The number of nitrogens with zero attached hydrogens (tertiary/aromatic N) is 1. The van der Waals surface area contributed by atoms with Crippen molar-refractivity contribution in [2.45, 2.75) is 26.2 Å². The standard InChI is InChI=1S/C17H21NO5/c1-3-4-8-13-18(15(19)11-12-16(20)22-2)23-17(21)14-9-6-5-7-10-14/h5-7,9-12H,3-4,8,13H2,1-2H3/b12-11+. The molecule has 0 saturated carbocycles. The van der Waals surface area contributed by atoms with Crippen molar-refractivity contribution in [1.82, 2.24) is 5.06 Å². The zero-order valence-corrected chi connectivity index (χ0v) is 13.4. The molecule has 0 atom stereocenters. The number of ether oxygens (including phenoxy) is 1. The highest BCUT2D eigenvalue weighted by Crippen LogP contribution is 2.07. The molecular weight excluding hydrogens is 298 g/mol. The third-order valence-electron chi connectivity index (χ3n) is 2.98. The number of unbranched alkanes of at least 4 members (excludes halogenated alkanes) is 2. The van der Waals surface area contributed by atoms with Gasteiger partial charge in [-0.2, -0.15) is 5.06 Å². The molecule has 0 aliphatic carbocycles. The summed E-state index contributed by atoms with van der Waals surface area (Å²) in [6.45, 7) is 2.29. The minimum absolute atomic E-state index is 0.261. The first kappa shape index (κ1) is 18.4. The molecule has 6 heteroatoms. The minimum Gasteiger partial charge on any atom is -0.466 e. The number of rotatable bonds is 7. The summed E-state index contributed by atoms with van der Waals surface area (Å²) in [5.41, 5.74) is 0.345. The number of esters is 1. The predicted octanol–water partition coefficient (Wildman–Crippen LogP) is 2.51. The van der Waals surface area contributed by atoms with Crippen molar-refractivity contribution < 1.29 is 24.0 Å². The van der Waals surface area contributed by atoms with Crippen molar-refractivity contribution in [3.63, 3.8) is 0 Å². The van der Waals surface area contributed by atoms with Crippen LogP contribution in [0.2, 0.25) is 0 Å². The third-order valence-corrected chi connectivity index (χ3v) is 2.98. The number of methoxy groups -OCH3 is 1. The molecule has 0 bridgehead atoms. The van der Waals surface area contributed by atoms with E-state index >= 15 is 0 Å². The fourth-order valence-electron chi connectivity index (χ4n) is 1.72. The van der Waals surface area contributed by atoms with Crippen LogP contribution in [-0.2, 0) is 19.2 Å². The van der Waals surface area contributed by atoms with Gasteiger partial charge in [0.2, 0.25) is 0 Å². The Balaban J connectivity index is 2.75. The van der Waals surface area contributed by atoms with Gasteiger partial charge in [-0.1, -0.05) is 38.0 Å². The number of hydrogen-bond donors (Lipinski definition) is 0. The molecule has 124 valence electrons. The van der Waals surface area contributed by atoms with Crippen LogP contribution in [0.25, 0.3) is 0 Å². The smallest absolute Gasteiger partial charge is 0.363 e. The molecule has 1 rings (SSSR count). The molecule has 0 fully saturated rings. The molecule has 23 heavy (non-hydrogen) atoms. The van der Waals surface area contributed by atoms with E-state index in [1.54, 1.807) is 30.3 Å². The third kappa shape index (κ3) is 6.78. The van der Waals surface area contributed by atoms with Crippen LogP contribution in [0.5, 0.6) is 0 Å². The van der Waals surface area contributed by atoms with E-state index in [0.717, 1.165) is 30.1 Å². The summed E-state index contributed by atoms with van der Waals surface area (Å²) >= 11 is 0. The molecule has 0 aliphatic heterocycles. The maximum Gasteiger partial charge on any atom is 0.363 e. The second-order valence-corrected chi connectivity index (χ2v) is 4.75. The summed E-state index contributed by atoms with van der Waals surface area (Å²) in [6.07, 6.45) is 4.57. The first-order chi connectivity index (χ1) is 11.1. The summed E-state index contributed by atoms with van der Waals surface area (Å²) in [5.74, 6) is -1.86. The first-order valence-corrected chi connectivity index (χ1v) is 7.43. The van der Waals surface area contributed by atoms with E-state index in [-0.39, 0.29) is 6.54 Å². The van der Waals surface area contributed by atoms with Gasteiger partial charge in [-0.25, -0.2) is 9.59 Å². The van der Waals surface area contributed by atoms with Crippen molar-refractivity contribution in [3.05, 3.63) is 48.0 Å². The Bertz CT molecular complexity index is 553. The lowest BCUT2D eigenvalue weighted by Crippen LogP contribution is -2.33. The molecule has 0 N–H and O–H groups in total. The van der Waals surface area contributed by atoms with E-state index in [2.05, 4.69) is 4.74 Å². The van der Waals surface area contributed by atoms with Gasteiger partial charge in [0, 0.05) is 12.2 Å². The number of hydrogen-bond acceptors (Lipinski definition) is 5. The lowest BCUT2D eigenvalue weighted by molar-refractivity contribution is -0.162. The highest BCUT2D eigenvalue weighted by atomic mass is 16.7. The van der Waals surface area contributed by atoms with Crippen molar-refractivity contribution >= 4 is 17.8 Å². The minimum atomic E-state index is -0.652. The van der Waals surface area contributed by atoms with Gasteiger partial charge in [0.1, 0.15) is 0 Å². The van der Waals surface area contributed by atoms with E-state index in [1.165, 1.54) is 7.11 Å². The SMILES string of the molecule is CCCCCN(OC(=O)c1ccccc1)C(=O)/C=C/C(=O)OC. The van der Waals surface area contributed by atoms with Crippen LogP contribution in [-0.4, -0.2) is 36.6 Å². The van der Waals surface area contributed by atoms with E-state index < -0.39 is 17.8 Å². The van der Waals surface area contributed by atoms with Gasteiger partial charge in [-0.15, -0.1) is 0 Å². The number of carbonyl (C=O) groups excluding carboxylic acids is 3. The molecule has 1 aromatic rings. The molecule has 0 radical (unpaired) electrons. The largest absolute Gasteiger partial charge is 0.466 e. The second kappa shape index (κ2) is 10.2. The van der Waals surface area contributed by atoms with E-state index in [1.807, 2.05) is 6.92 Å². The monoisotopic (exact) mass is 319 g/mol. The average molecular weight is 319 g/mol. The molecule has 0 aromatic heterocycles. The van der Waals surface area contributed by atoms with Crippen LogP contribution in [0.1, 0.15) is 36.5 Å². The summed E-state index contributed by atoms with van der Waals surface area (Å²) in [5, 5.41) is 0.963. The summed E-state index contributed by atoms with van der Waals surface area (Å²) in [7, 11) is 1.21. The second-order valence-electron chi connectivity index (χ2n) is 4.75. The fourth-order valence-corrected chi connectivity index (χ4v) is 1.72. The van der Waals surface area contributed by atoms with Crippen molar-refractivity contribution in [3.8, 4) is 0 Å². The zero-order chi connectivity index (χ0) is 17.1. The van der Waals surface area contributed by atoms with Gasteiger partial charge in [-0.3, -0.25) is 4.79 Å². The molecule has 0 aliphatic rings. The van der Waals surface area contributed by atoms with Crippen LogP contribution in [0.4, 0.5) is 0 Å². The summed E-state index contributed by atoms with van der Waals surface area (Å²) in [4.78, 5) is 40.3.